The highest BCUT2D eigenvalue weighted by molar-refractivity contribution is 6.31. The molecule has 5 nitrogen and oxygen atoms in total. The van der Waals surface area contributed by atoms with Crippen molar-refractivity contribution in [3.05, 3.63) is 16.9 Å². The third-order valence-electron chi connectivity index (χ3n) is 4.59. The molecule has 0 saturated heterocycles. The predicted molar refractivity (Wildman–Crippen MR) is 80.4 cm³/mol. The van der Waals surface area contributed by atoms with Crippen molar-refractivity contribution in [2.45, 2.75) is 63.1 Å². The second-order valence-corrected chi connectivity index (χ2v) is 6.69. The Balaban J connectivity index is 1.82. The second-order valence-electron chi connectivity index (χ2n) is 6.28. The lowest BCUT2D eigenvalue weighted by Crippen LogP contribution is -2.56. The Morgan fingerprint density at radius 2 is 2.29 bits per heavy atom. The molecule has 2 fully saturated rings. The molecule has 21 heavy (non-hydrogen) atoms. The van der Waals surface area contributed by atoms with Crippen LogP contribution in [0.15, 0.2) is 6.20 Å². The van der Waals surface area contributed by atoms with Crippen LogP contribution in [0.4, 0.5) is 0 Å². The molecule has 116 valence electrons. The zero-order valence-corrected chi connectivity index (χ0v) is 13.3. The van der Waals surface area contributed by atoms with Crippen LogP contribution < -0.4 is 5.32 Å². The maximum atomic E-state index is 12.4. The molecule has 1 heterocycles. The minimum atomic E-state index is -0.564. The molecular weight excluding hydrogens is 290 g/mol. The van der Waals surface area contributed by atoms with Crippen molar-refractivity contribution in [2.24, 2.45) is 0 Å². The van der Waals surface area contributed by atoms with Gasteiger partial charge in [-0.05, 0) is 45.4 Å². The van der Waals surface area contributed by atoms with Gasteiger partial charge in [0.1, 0.15) is 5.54 Å². The van der Waals surface area contributed by atoms with Crippen molar-refractivity contribution in [2.75, 3.05) is 7.11 Å². The quantitative estimate of drug-likeness (QED) is 0.869. The fourth-order valence-corrected chi connectivity index (χ4v) is 3.45. The average Bonchev–Trinajstić information content (AvgIpc) is 3.22. The van der Waals surface area contributed by atoms with Gasteiger partial charge in [0, 0.05) is 12.2 Å². The maximum Gasteiger partial charge on any atom is 0.326 e. The first-order chi connectivity index (χ1) is 10.0. The largest absolute Gasteiger partial charge is 0.468 e. The zero-order chi connectivity index (χ0) is 15.0. The van der Waals surface area contributed by atoms with Crippen molar-refractivity contribution >= 4 is 17.6 Å². The van der Waals surface area contributed by atoms with Gasteiger partial charge in [-0.3, -0.25) is 14.8 Å². The normalized spacial score (nSPS) is 29.4. The summed E-state index contributed by atoms with van der Waals surface area (Å²) in [5.41, 5.74) is 0.270. The third kappa shape index (κ3) is 2.94. The van der Waals surface area contributed by atoms with Gasteiger partial charge >= 0.3 is 5.97 Å². The predicted octanol–water partition coefficient (Wildman–Crippen LogP) is 2.62. The average molecular weight is 312 g/mol. The molecule has 6 heteroatoms. The Labute approximate surface area is 130 Å². The number of nitrogens with zero attached hydrogens (tertiary/aromatic N) is 2. The first kappa shape index (κ1) is 14.9. The molecule has 0 bridgehead atoms. The molecule has 1 aromatic rings. The third-order valence-corrected chi connectivity index (χ3v) is 4.96. The van der Waals surface area contributed by atoms with Crippen molar-refractivity contribution < 1.29 is 9.53 Å². The lowest BCUT2D eigenvalue weighted by atomic mass is 9.78. The Hall–Kier alpha value is -1.07. The minimum Gasteiger partial charge on any atom is -0.468 e. The molecule has 0 aromatic carbocycles. The van der Waals surface area contributed by atoms with E-state index >= 15 is 0 Å². The number of ether oxygens (including phenoxy) is 1. The number of methoxy groups -OCH3 is 1. The van der Waals surface area contributed by atoms with E-state index in [-0.39, 0.29) is 12.0 Å². The molecule has 0 aliphatic heterocycles. The van der Waals surface area contributed by atoms with Crippen molar-refractivity contribution in [1.29, 1.82) is 0 Å². The van der Waals surface area contributed by atoms with Crippen LogP contribution in [-0.4, -0.2) is 34.4 Å². The topological polar surface area (TPSA) is 56.1 Å². The highest BCUT2D eigenvalue weighted by atomic mass is 35.5. The molecule has 2 saturated carbocycles. The van der Waals surface area contributed by atoms with Gasteiger partial charge in [0.2, 0.25) is 0 Å². The van der Waals surface area contributed by atoms with Crippen LogP contribution in [-0.2, 0) is 9.53 Å². The van der Waals surface area contributed by atoms with E-state index in [2.05, 4.69) is 10.4 Å². The summed E-state index contributed by atoms with van der Waals surface area (Å²) in [6.07, 6.45) is 7.71. The van der Waals surface area contributed by atoms with Crippen LogP contribution in [0, 0.1) is 6.92 Å². The molecule has 1 aromatic heterocycles. The van der Waals surface area contributed by atoms with E-state index in [9.17, 15) is 4.79 Å². The highest BCUT2D eigenvalue weighted by Gasteiger charge is 2.47. The van der Waals surface area contributed by atoms with Crippen LogP contribution >= 0.6 is 11.6 Å². The highest BCUT2D eigenvalue weighted by Crippen LogP contribution is 2.39. The summed E-state index contributed by atoms with van der Waals surface area (Å²) in [6, 6.07) is 0.654. The number of hydrogen-bond acceptors (Lipinski definition) is 4. The minimum absolute atomic E-state index is 0.144. The maximum absolute atomic E-state index is 12.4. The summed E-state index contributed by atoms with van der Waals surface area (Å²) in [5.74, 6) is -0.144. The lowest BCUT2D eigenvalue weighted by molar-refractivity contribution is -0.151. The number of nitrogens with one attached hydrogen (secondary N) is 1. The fourth-order valence-electron chi connectivity index (χ4n) is 3.31. The fraction of sp³-hybridized carbons (Fsp3) is 0.733. The second kappa shape index (κ2) is 5.61. The van der Waals surface area contributed by atoms with Gasteiger partial charge in [-0.1, -0.05) is 11.6 Å². The van der Waals surface area contributed by atoms with Gasteiger partial charge in [-0.25, -0.2) is 0 Å². The number of esters is 1. The molecule has 1 N–H and O–H groups in total. The molecule has 2 unspecified atom stereocenters. The van der Waals surface area contributed by atoms with Crippen LogP contribution in [0.5, 0.6) is 0 Å². The van der Waals surface area contributed by atoms with E-state index in [1.807, 2.05) is 17.8 Å². The Morgan fingerprint density at radius 1 is 1.52 bits per heavy atom. The molecule has 2 atom stereocenters. The van der Waals surface area contributed by atoms with E-state index in [1.165, 1.54) is 7.11 Å². The zero-order valence-electron chi connectivity index (χ0n) is 12.6. The van der Waals surface area contributed by atoms with Crippen molar-refractivity contribution in [1.82, 2.24) is 15.1 Å². The van der Waals surface area contributed by atoms with Gasteiger partial charge in [0.25, 0.3) is 0 Å². The number of halogens is 1. The summed E-state index contributed by atoms with van der Waals surface area (Å²) in [7, 11) is 1.47. The van der Waals surface area contributed by atoms with Crippen molar-refractivity contribution in [3.8, 4) is 0 Å². The molecule has 2 aliphatic rings. The Morgan fingerprint density at radius 3 is 2.86 bits per heavy atom. The number of hydrogen-bond donors (Lipinski definition) is 1. The van der Waals surface area contributed by atoms with Gasteiger partial charge < -0.3 is 4.74 Å². The Bertz CT molecular complexity index is 522. The van der Waals surface area contributed by atoms with E-state index < -0.39 is 5.54 Å². The lowest BCUT2D eigenvalue weighted by Gasteiger charge is -2.39. The summed E-state index contributed by atoms with van der Waals surface area (Å²) in [6.45, 7) is 1.90. The smallest absolute Gasteiger partial charge is 0.326 e. The van der Waals surface area contributed by atoms with Gasteiger partial charge in [0.05, 0.1) is 23.9 Å². The molecule has 0 radical (unpaired) electrons. The molecule has 2 aliphatic carbocycles. The monoisotopic (exact) mass is 311 g/mol. The number of carbonyl (C=O) groups excluding carboxylic acids is 1. The number of carbonyl (C=O) groups is 1. The van der Waals surface area contributed by atoms with Gasteiger partial charge in [0.15, 0.2) is 0 Å². The number of rotatable bonds is 4. The van der Waals surface area contributed by atoms with Gasteiger partial charge in [-0.2, -0.15) is 5.10 Å². The number of aryl methyl sites for hydroxylation is 1. The molecular formula is C15H22ClN3O2. The standard InChI is InChI=1S/C15H22ClN3O2/c1-10-13(16)9-19(18-10)12-4-3-7-15(8-12,14(20)21-2)17-11-5-6-11/h9,11-12,17H,3-8H2,1-2H3. The molecule has 0 amide bonds. The summed E-state index contributed by atoms with van der Waals surface area (Å²) in [5, 5.41) is 8.69. The summed E-state index contributed by atoms with van der Waals surface area (Å²) < 4.78 is 7.00. The molecule has 0 spiro atoms. The van der Waals surface area contributed by atoms with Crippen LogP contribution in [0.25, 0.3) is 0 Å². The SMILES string of the molecule is COC(=O)C1(NC2CC2)CCCC(n2cc(Cl)c(C)n2)C1. The van der Waals surface area contributed by atoms with Gasteiger partial charge in [-0.15, -0.1) is 0 Å². The van der Waals surface area contributed by atoms with E-state index in [0.29, 0.717) is 17.5 Å². The van der Waals surface area contributed by atoms with Crippen LogP contribution in [0.2, 0.25) is 5.02 Å². The summed E-state index contributed by atoms with van der Waals surface area (Å²) >= 11 is 6.11. The van der Waals surface area contributed by atoms with Crippen LogP contribution in [0.1, 0.15) is 50.3 Å². The Kier molecular flexibility index (Phi) is 3.97. The van der Waals surface area contributed by atoms with Crippen LogP contribution in [0.3, 0.4) is 0 Å². The van der Waals surface area contributed by atoms with Crippen molar-refractivity contribution in [3.63, 3.8) is 0 Å². The van der Waals surface area contributed by atoms with E-state index in [0.717, 1.165) is 37.8 Å². The number of aromatic nitrogens is 2. The summed E-state index contributed by atoms with van der Waals surface area (Å²) in [4.78, 5) is 12.4. The molecule has 3 rings (SSSR count). The first-order valence-corrected chi connectivity index (χ1v) is 7.99. The first-order valence-electron chi connectivity index (χ1n) is 7.61. The van der Waals surface area contributed by atoms with E-state index in [4.69, 9.17) is 16.3 Å². The van der Waals surface area contributed by atoms with E-state index in [1.54, 1.807) is 0 Å².